The summed E-state index contributed by atoms with van der Waals surface area (Å²) in [6.07, 6.45) is 0. The van der Waals surface area contributed by atoms with Gasteiger partial charge in [-0.05, 0) is 30.7 Å². The Morgan fingerprint density at radius 1 is 1.04 bits per heavy atom. The maximum atomic E-state index is 12.2. The Morgan fingerprint density at radius 2 is 1.70 bits per heavy atom. The number of benzene rings is 2. The molecular weight excluding hydrogens is 286 g/mol. The number of aryl methyl sites for hydroxylation is 1. The van der Waals surface area contributed by atoms with Gasteiger partial charge in [0.1, 0.15) is 0 Å². The van der Waals surface area contributed by atoms with Gasteiger partial charge in [-0.25, -0.2) is 0 Å². The summed E-state index contributed by atoms with van der Waals surface area (Å²) in [5, 5.41) is 3.03. The second-order valence-corrected chi connectivity index (χ2v) is 6.11. The lowest BCUT2D eigenvalue weighted by Gasteiger charge is -2.33. The van der Waals surface area contributed by atoms with Crippen LogP contribution in [0.5, 0.6) is 0 Å². The van der Waals surface area contributed by atoms with Crippen molar-refractivity contribution in [3.8, 4) is 0 Å². The minimum atomic E-state index is 0.0995. The van der Waals surface area contributed by atoms with E-state index < -0.39 is 0 Å². The number of hydrogen-bond acceptors (Lipinski definition) is 2. The van der Waals surface area contributed by atoms with E-state index in [0.717, 1.165) is 37.4 Å². The van der Waals surface area contributed by atoms with Crippen molar-refractivity contribution in [1.29, 1.82) is 0 Å². The lowest BCUT2D eigenvalue weighted by Crippen LogP contribution is -3.15. The van der Waals surface area contributed by atoms with Crippen LogP contribution in [0.1, 0.15) is 5.56 Å². The normalized spacial score (nSPS) is 15.4. The lowest BCUT2D eigenvalue weighted by atomic mass is 10.2. The van der Waals surface area contributed by atoms with Gasteiger partial charge in [0.15, 0.2) is 6.54 Å². The summed E-state index contributed by atoms with van der Waals surface area (Å²) >= 11 is 0. The number of hydrogen-bond donors (Lipinski definition) is 2. The zero-order chi connectivity index (χ0) is 16.1. The largest absolute Gasteiger partial charge is 0.360 e. The molecule has 1 heterocycles. The van der Waals surface area contributed by atoms with Crippen LogP contribution in [0.3, 0.4) is 0 Å². The number of piperazine rings is 1. The molecule has 4 heteroatoms. The molecule has 4 nitrogen and oxygen atoms in total. The van der Waals surface area contributed by atoms with Gasteiger partial charge >= 0.3 is 0 Å². The van der Waals surface area contributed by atoms with Crippen LogP contribution in [0.2, 0.25) is 0 Å². The monoisotopic (exact) mass is 310 g/mol. The molecule has 1 amide bonds. The van der Waals surface area contributed by atoms with Gasteiger partial charge in [-0.15, -0.1) is 0 Å². The Hall–Kier alpha value is -2.33. The molecule has 2 N–H and O–H groups in total. The summed E-state index contributed by atoms with van der Waals surface area (Å²) in [6.45, 7) is 6.54. The molecule has 23 heavy (non-hydrogen) atoms. The molecule has 0 spiro atoms. The zero-order valence-electron chi connectivity index (χ0n) is 13.6. The van der Waals surface area contributed by atoms with Gasteiger partial charge in [0.05, 0.1) is 26.2 Å². The van der Waals surface area contributed by atoms with E-state index >= 15 is 0 Å². The van der Waals surface area contributed by atoms with E-state index in [1.165, 1.54) is 10.6 Å². The van der Waals surface area contributed by atoms with Crippen LogP contribution >= 0.6 is 0 Å². The molecule has 0 unspecified atom stereocenters. The lowest BCUT2D eigenvalue weighted by molar-refractivity contribution is -0.892. The fourth-order valence-electron chi connectivity index (χ4n) is 3.03. The van der Waals surface area contributed by atoms with E-state index in [1.54, 1.807) is 0 Å². The van der Waals surface area contributed by atoms with E-state index in [1.807, 2.05) is 37.3 Å². The van der Waals surface area contributed by atoms with Gasteiger partial charge in [-0.2, -0.15) is 0 Å². The number of quaternary nitrogens is 1. The van der Waals surface area contributed by atoms with Crippen molar-refractivity contribution in [3.63, 3.8) is 0 Å². The third kappa shape index (κ3) is 4.11. The summed E-state index contributed by atoms with van der Waals surface area (Å²) < 4.78 is 0. The van der Waals surface area contributed by atoms with Crippen LogP contribution in [0.15, 0.2) is 54.6 Å². The molecule has 1 aliphatic heterocycles. The maximum absolute atomic E-state index is 12.2. The number of nitrogens with one attached hydrogen (secondary N) is 2. The number of carbonyl (C=O) groups excluding carboxylic acids is 1. The summed E-state index contributed by atoms with van der Waals surface area (Å²) in [7, 11) is 0. The minimum absolute atomic E-state index is 0.0995. The standard InChI is InChI=1S/C19H23N3O/c1-16-7-5-6-10-18(16)20-19(23)15-21-11-13-22(14-12-21)17-8-3-2-4-9-17/h2-10H,11-15H2,1H3,(H,20,23)/p+1. The second-order valence-electron chi connectivity index (χ2n) is 6.11. The first kappa shape index (κ1) is 15.6. The van der Waals surface area contributed by atoms with Crippen molar-refractivity contribution in [2.24, 2.45) is 0 Å². The van der Waals surface area contributed by atoms with Gasteiger partial charge in [-0.1, -0.05) is 36.4 Å². The minimum Gasteiger partial charge on any atom is -0.360 e. The van der Waals surface area contributed by atoms with Crippen LogP contribution in [-0.2, 0) is 4.79 Å². The van der Waals surface area contributed by atoms with Crippen molar-refractivity contribution < 1.29 is 9.69 Å². The van der Waals surface area contributed by atoms with Crippen molar-refractivity contribution in [1.82, 2.24) is 0 Å². The second kappa shape index (κ2) is 7.29. The number of anilines is 2. The Labute approximate surface area is 137 Å². The summed E-state index contributed by atoms with van der Waals surface area (Å²) in [5.41, 5.74) is 3.29. The van der Waals surface area contributed by atoms with E-state index in [-0.39, 0.29) is 5.91 Å². The first-order valence-electron chi connectivity index (χ1n) is 8.21. The van der Waals surface area contributed by atoms with Crippen molar-refractivity contribution in [2.75, 3.05) is 42.9 Å². The van der Waals surface area contributed by atoms with Gasteiger partial charge in [-0.3, -0.25) is 4.79 Å². The maximum Gasteiger partial charge on any atom is 0.279 e. The van der Waals surface area contributed by atoms with Crippen LogP contribution in [0.4, 0.5) is 11.4 Å². The number of nitrogens with zero attached hydrogens (tertiary/aromatic N) is 1. The van der Waals surface area contributed by atoms with Gasteiger partial charge in [0.25, 0.3) is 5.91 Å². The van der Waals surface area contributed by atoms with Gasteiger partial charge in [0.2, 0.25) is 0 Å². The molecule has 120 valence electrons. The highest BCUT2D eigenvalue weighted by Crippen LogP contribution is 2.13. The summed E-state index contributed by atoms with van der Waals surface area (Å²) in [6, 6.07) is 18.4. The number of rotatable bonds is 4. The van der Waals surface area contributed by atoms with E-state index in [0.29, 0.717) is 6.54 Å². The number of para-hydroxylation sites is 2. The fourth-order valence-corrected chi connectivity index (χ4v) is 3.03. The molecule has 0 saturated carbocycles. The van der Waals surface area contributed by atoms with Gasteiger partial charge < -0.3 is 15.1 Å². The van der Waals surface area contributed by atoms with Crippen molar-refractivity contribution in [3.05, 3.63) is 60.2 Å². The van der Waals surface area contributed by atoms with Crippen LogP contribution in [0.25, 0.3) is 0 Å². The Balaban J connectivity index is 1.49. The van der Waals surface area contributed by atoms with Crippen molar-refractivity contribution in [2.45, 2.75) is 6.92 Å². The average molecular weight is 310 g/mol. The predicted molar refractivity (Wildman–Crippen MR) is 94.0 cm³/mol. The molecular formula is C19H24N3O+. The quantitative estimate of drug-likeness (QED) is 0.894. The Morgan fingerprint density at radius 3 is 2.39 bits per heavy atom. The zero-order valence-corrected chi connectivity index (χ0v) is 13.6. The smallest absolute Gasteiger partial charge is 0.279 e. The number of amides is 1. The predicted octanol–water partition coefficient (Wildman–Crippen LogP) is 1.34. The Kier molecular flexibility index (Phi) is 4.93. The van der Waals surface area contributed by atoms with E-state index in [4.69, 9.17) is 0 Å². The highest BCUT2D eigenvalue weighted by atomic mass is 16.2. The van der Waals surface area contributed by atoms with Crippen LogP contribution in [-0.4, -0.2) is 38.6 Å². The third-order valence-electron chi connectivity index (χ3n) is 4.42. The molecule has 3 rings (SSSR count). The van der Waals surface area contributed by atoms with E-state index in [2.05, 4.69) is 34.5 Å². The molecule has 0 aliphatic carbocycles. The summed E-state index contributed by atoms with van der Waals surface area (Å²) in [4.78, 5) is 16.0. The fraction of sp³-hybridized carbons (Fsp3) is 0.316. The number of carbonyl (C=O) groups is 1. The third-order valence-corrected chi connectivity index (χ3v) is 4.42. The molecule has 2 aromatic carbocycles. The topological polar surface area (TPSA) is 36.8 Å². The molecule has 0 radical (unpaired) electrons. The molecule has 1 fully saturated rings. The van der Waals surface area contributed by atoms with Crippen LogP contribution in [0, 0.1) is 6.92 Å². The first-order chi connectivity index (χ1) is 11.2. The van der Waals surface area contributed by atoms with E-state index in [9.17, 15) is 4.79 Å². The molecule has 0 bridgehead atoms. The molecule has 1 aliphatic rings. The summed E-state index contributed by atoms with van der Waals surface area (Å²) in [5.74, 6) is 0.0995. The van der Waals surface area contributed by atoms with Crippen LogP contribution < -0.4 is 15.1 Å². The molecule has 0 aromatic heterocycles. The molecule has 2 aromatic rings. The van der Waals surface area contributed by atoms with Crippen molar-refractivity contribution >= 4 is 17.3 Å². The average Bonchev–Trinajstić information content (AvgIpc) is 2.58. The first-order valence-corrected chi connectivity index (χ1v) is 8.21. The Bertz CT molecular complexity index is 649. The highest BCUT2D eigenvalue weighted by Gasteiger charge is 2.22. The molecule has 1 saturated heterocycles. The molecule has 0 atom stereocenters. The SMILES string of the molecule is Cc1ccccc1NC(=O)C[NH+]1CCN(c2ccccc2)CC1. The van der Waals surface area contributed by atoms with Gasteiger partial charge in [0, 0.05) is 11.4 Å². The highest BCUT2D eigenvalue weighted by molar-refractivity contribution is 5.92.